The van der Waals surface area contributed by atoms with E-state index in [9.17, 15) is 0 Å². The van der Waals surface area contributed by atoms with Crippen LogP contribution in [0.15, 0.2) is 0 Å². The summed E-state index contributed by atoms with van der Waals surface area (Å²) in [5.41, 5.74) is 7.42. The Labute approximate surface area is 82.6 Å². The van der Waals surface area contributed by atoms with Gasteiger partial charge in [-0.2, -0.15) is 12.0 Å². The summed E-state index contributed by atoms with van der Waals surface area (Å²) < 4.78 is 0. The SMILES string of the molecule is O.O.[CH2-]C1CCCCC1[NH-].[Pt+2]. The maximum atomic E-state index is 7.42. The molecule has 0 spiro atoms. The van der Waals surface area contributed by atoms with Gasteiger partial charge in [0.15, 0.2) is 0 Å². The molecule has 0 saturated heterocycles. The summed E-state index contributed by atoms with van der Waals surface area (Å²) in [4.78, 5) is 0. The Kier molecular flexibility index (Phi) is 13.9. The summed E-state index contributed by atoms with van der Waals surface area (Å²) >= 11 is 0. The zero-order valence-electron chi connectivity index (χ0n) is 6.51. The molecule has 1 saturated carbocycles. The van der Waals surface area contributed by atoms with E-state index in [1.54, 1.807) is 0 Å². The Morgan fingerprint density at radius 3 is 1.82 bits per heavy atom. The number of rotatable bonds is 0. The van der Waals surface area contributed by atoms with Crippen molar-refractivity contribution in [3.63, 3.8) is 0 Å². The van der Waals surface area contributed by atoms with Crippen molar-refractivity contribution in [3.8, 4) is 0 Å². The van der Waals surface area contributed by atoms with Gasteiger partial charge in [-0.1, -0.05) is 25.7 Å². The Hall–Kier alpha value is 0.568. The zero-order chi connectivity index (χ0) is 5.98. The van der Waals surface area contributed by atoms with E-state index in [0.29, 0.717) is 5.92 Å². The molecule has 0 aromatic heterocycles. The van der Waals surface area contributed by atoms with E-state index in [2.05, 4.69) is 6.92 Å². The van der Waals surface area contributed by atoms with Gasteiger partial charge in [-0.3, -0.25) is 0 Å². The number of hydrogen-bond donors (Lipinski definition) is 0. The molecule has 0 aromatic carbocycles. The van der Waals surface area contributed by atoms with Gasteiger partial charge in [0.1, 0.15) is 0 Å². The molecule has 2 atom stereocenters. The van der Waals surface area contributed by atoms with E-state index in [1.165, 1.54) is 19.3 Å². The Balaban J connectivity index is -0.000000213. The van der Waals surface area contributed by atoms with Crippen LogP contribution < -0.4 is 0 Å². The minimum atomic E-state index is 0. The first-order chi connectivity index (χ1) is 3.80. The second-order valence-corrected chi connectivity index (χ2v) is 2.65. The van der Waals surface area contributed by atoms with Gasteiger partial charge in [-0.15, -0.1) is 0 Å². The van der Waals surface area contributed by atoms with Crippen LogP contribution in [0.25, 0.3) is 5.73 Å². The second-order valence-electron chi connectivity index (χ2n) is 2.65. The molecule has 1 aliphatic carbocycles. The van der Waals surface area contributed by atoms with Crippen molar-refractivity contribution in [1.82, 2.24) is 0 Å². The largest absolute Gasteiger partial charge is 2.00 e. The summed E-state index contributed by atoms with van der Waals surface area (Å²) in [5.74, 6) is 0.420. The minimum absolute atomic E-state index is 0. The third-order valence-electron chi connectivity index (χ3n) is 1.91. The van der Waals surface area contributed by atoms with E-state index in [1.807, 2.05) is 0 Å². The molecule has 4 heteroatoms. The molecular formula is C7H17NO2Pt. The van der Waals surface area contributed by atoms with Crippen LogP contribution >= 0.6 is 0 Å². The van der Waals surface area contributed by atoms with Gasteiger partial charge in [0.05, 0.1) is 0 Å². The average molecular weight is 342 g/mol. The maximum absolute atomic E-state index is 7.42. The molecule has 0 aliphatic heterocycles. The number of nitrogens with one attached hydrogen (secondary N) is 1. The molecule has 0 amide bonds. The van der Waals surface area contributed by atoms with Crippen LogP contribution in [0.4, 0.5) is 0 Å². The molecule has 0 aromatic rings. The fourth-order valence-corrected chi connectivity index (χ4v) is 1.21. The molecule has 1 aliphatic rings. The van der Waals surface area contributed by atoms with E-state index in [4.69, 9.17) is 5.73 Å². The zero-order valence-corrected chi connectivity index (χ0v) is 8.78. The molecule has 11 heavy (non-hydrogen) atoms. The standard InChI is InChI=1S/C7H13N.2H2O.Pt/c1-6-4-2-3-5-7(6)8;;;/h6-8H,1-5H2;2*1H2;/q-2;;;+2. The van der Waals surface area contributed by atoms with Crippen LogP contribution in [-0.4, -0.2) is 17.0 Å². The summed E-state index contributed by atoms with van der Waals surface area (Å²) in [6, 6.07) is 0.142. The van der Waals surface area contributed by atoms with Crippen molar-refractivity contribution >= 4 is 0 Å². The molecule has 72 valence electrons. The van der Waals surface area contributed by atoms with Crippen molar-refractivity contribution in [3.05, 3.63) is 12.7 Å². The van der Waals surface area contributed by atoms with Crippen molar-refractivity contribution < 1.29 is 32.0 Å². The second kappa shape index (κ2) is 8.66. The molecule has 0 radical (unpaired) electrons. The molecular weight excluding hydrogens is 325 g/mol. The fourth-order valence-electron chi connectivity index (χ4n) is 1.21. The monoisotopic (exact) mass is 342 g/mol. The Morgan fingerprint density at radius 2 is 1.55 bits per heavy atom. The van der Waals surface area contributed by atoms with Gasteiger partial charge in [0.25, 0.3) is 0 Å². The Bertz CT molecular complexity index is 72.8. The van der Waals surface area contributed by atoms with Crippen LogP contribution in [0.2, 0.25) is 0 Å². The Morgan fingerprint density at radius 1 is 1.09 bits per heavy atom. The predicted molar refractivity (Wildman–Crippen MR) is 42.7 cm³/mol. The first-order valence-electron chi connectivity index (χ1n) is 3.35. The maximum Gasteiger partial charge on any atom is 2.00 e. The van der Waals surface area contributed by atoms with Crippen molar-refractivity contribution in [2.24, 2.45) is 5.92 Å². The predicted octanol–water partition coefficient (Wildman–Crippen LogP) is 0.780. The number of hydrogen-bond acceptors (Lipinski definition) is 0. The van der Waals surface area contributed by atoms with Crippen molar-refractivity contribution in [1.29, 1.82) is 0 Å². The smallest absolute Gasteiger partial charge is 0.677 e. The van der Waals surface area contributed by atoms with Crippen LogP contribution in [0, 0.1) is 12.8 Å². The van der Waals surface area contributed by atoms with Crippen LogP contribution in [0.3, 0.4) is 0 Å². The minimum Gasteiger partial charge on any atom is -0.677 e. The van der Waals surface area contributed by atoms with Crippen LogP contribution in [0.1, 0.15) is 25.7 Å². The average Bonchev–Trinajstić information content (AvgIpc) is 1.77. The third-order valence-corrected chi connectivity index (χ3v) is 1.91. The molecule has 5 N–H and O–H groups in total. The first-order valence-corrected chi connectivity index (χ1v) is 3.35. The van der Waals surface area contributed by atoms with Gasteiger partial charge in [-0.05, 0) is 0 Å². The molecule has 0 heterocycles. The van der Waals surface area contributed by atoms with Gasteiger partial charge < -0.3 is 23.6 Å². The molecule has 2 unspecified atom stereocenters. The van der Waals surface area contributed by atoms with E-state index >= 15 is 0 Å². The van der Waals surface area contributed by atoms with Crippen LogP contribution in [-0.2, 0) is 21.1 Å². The molecule has 0 bridgehead atoms. The van der Waals surface area contributed by atoms with Crippen molar-refractivity contribution in [2.75, 3.05) is 0 Å². The normalized spacial score (nSPS) is 28.9. The van der Waals surface area contributed by atoms with E-state index in [0.717, 1.165) is 6.42 Å². The molecule has 1 fully saturated rings. The van der Waals surface area contributed by atoms with E-state index in [-0.39, 0.29) is 38.1 Å². The van der Waals surface area contributed by atoms with E-state index < -0.39 is 0 Å². The quantitative estimate of drug-likeness (QED) is 0.583. The molecule has 1 rings (SSSR count). The van der Waals surface area contributed by atoms with Gasteiger partial charge >= 0.3 is 21.1 Å². The third kappa shape index (κ3) is 5.80. The summed E-state index contributed by atoms with van der Waals surface area (Å²) in [6.45, 7) is 3.89. The van der Waals surface area contributed by atoms with Gasteiger partial charge in [-0.25, -0.2) is 0 Å². The summed E-state index contributed by atoms with van der Waals surface area (Å²) in [7, 11) is 0. The van der Waals surface area contributed by atoms with Gasteiger partial charge in [0.2, 0.25) is 0 Å². The van der Waals surface area contributed by atoms with Crippen LogP contribution in [0.5, 0.6) is 0 Å². The first kappa shape index (κ1) is 17.6. The molecule has 3 nitrogen and oxygen atoms in total. The van der Waals surface area contributed by atoms with Crippen molar-refractivity contribution in [2.45, 2.75) is 31.7 Å². The van der Waals surface area contributed by atoms with Gasteiger partial charge in [0, 0.05) is 0 Å². The fraction of sp³-hybridized carbons (Fsp3) is 0.857. The summed E-state index contributed by atoms with van der Waals surface area (Å²) in [6.07, 6.45) is 4.80. The summed E-state index contributed by atoms with van der Waals surface area (Å²) in [5, 5.41) is 0. The topological polar surface area (TPSA) is 86.8 Å².